The molecule has 0 spiro atoms. The predicted octanol–water partition coefficient (Wildman–Crippen LogP) is -21.4. The molecule has 0 bridgehead atoms. The van der Waals surface area contributed by atoms with Crippen LogP contribution in [0.3, 0.4) is 0 Å². The zero-order valence-electron chi connectivity index (χ0n) is 4.42. The molecule has 0 saturated heterocycles. The number of halogens is 7. The fourth-order valence-corrected chi connectivity index (χ4v) is 0. The van der Waals surface area contributed by atoms with Gasteiger partial charge in [-0.3, -0.25) is 0 Å². The average Bonchev–Trinajstić information content (AvgIpc) is 0. The molecule has 0 amide bonds. The summed E-state index contributed by atoms with van der Waals surface area (Å²) in [5.74, 6) is 0. The van der Waals surface area contributed by atoms with Gasteiger partial charge in [-0.15, -0.1) is 0 Å². The topological polar surface area (TPSA) is 0 Å². The number of rotatable bonds is 0. The van der Waals surface area contributed by atoms with E-state index in [2.05, 4.69) is 0 Å². The van der Waals surface area contributed by atoms with Crippen LogP contribution in [0, 0.1) is 0 Å². The van der Waals surface area contributed by atoms with Gasteiger partial charge >= 0.3 is 90.1 Å². The van der Waals surface area contributed by atoms with Gasteiger partial charge in [-0.2, -0.15) is 0 Å². The van der Waals surface area contributed by atoms with E-state index >= 15 is 0 Å². The Morgan fingerprint density at radius 1 is 0.455 bits per heavy atom. The predicted molar refractivity (Wildman–Crippen MR) is 5.75 cm³/mol. The van der Waals surface area contributed by atoms with Crippen LogP contribution < -0.4 is 86.8 Å². The SMILES string of the molecule is [Cl-].[Cl-].[Cl-].[Cl-].[Cl-].[Cl-].[Cl-].[Mn+2].[Nb+5].[Sb+3].[Zr+4]. The summed E-state index contributed by atoms with van der Waals surface area (Å²) in [5, 5.41) is 0. The quantitative estimate of drug-likeness (QED) is 0.240. The molecule has 0 N–H and O–H groups in total. The standard InChI is InChI=1S/7ClH.Mn.Nb.Sb.Zr/h7*1H;;;;/q;;;;;;;+2;+5;+3;+4/p-7. The van der Waals surface area contributed by atoms with E-state index in [4.69, 9.17) is 0 Å². The molecule has 11 heteroatoms. The zero-order valence-corrected chi connectivity index (χ0v) is 18.1. The monoisotopic (exact) mass is 603 g/mol. The third kappa shape index (κ3) is 102. The molecule has 0 aromatic rings. The van der Waals surface area contributed by atoms with E-state index in [1.54, 1.807) is 0 Å². The summed E-state index contributed by atoms with van der Waals surface area (Å²) in [6.07, 6.45) is 0. The molecular weight excluding hydrogens is 609 g/mol. The van der Waals surface area contributed by atoms with E-state index in [0.29, 0.717) is 0 Å². The van der Waals surface area contributed by atoms with Crippen molar-refractivity contribution in [1.82, 2.24) is 0 Å². The molecule has 0 heterocycles. The Morgan fingerprint density at radius 2 is 0.455 bits per heavy atom. The van der Waals surface area contributed by atoms with E-state index < -0.39 is 0 Å². The van der Waals surface area contributed by atoms with Crippen LogP contribution >= 0.6 is 0 Å². The molecular formula is Cl7MnNbSbZr+7. The van der Waals surface area contributed by atoms with Crippen LogP contribution in [-0.4, -0.2) is 24.4 Å². The second-order valence-corrected chi connectivity index (χ2v) is 0. The van der Waals surface area contributed by atoms with Gasteiger partial charge in [0.05, 0.1) is 0 Å². The Hall–Kier alpha value is 4.99. The van der Waals surface area contributed by atoms with E-state index in [1.165, 1.54) is 0 Å². The van der Waals surface area contributed by atoms with E-state index in [0.717, 1.165) is 0 Å². The summed E-state index contributed by atoms with van der Waals surface area (Å²) >= 11 is 0. The summed E-state index contributed by atoms with van der Waals surface area (Å²) in [5.41, 5.74) is 0. The number of hydrogen-bond acceptors (Lipinski definition) is 0. The van der Waals surface area contributed by atoms with Gasteiger partial charge in [0.15, 0.2) is 0 Å². The molecule has 11 heavy (non-hydrogen) atoms. The summed E-state index contributed by atoms with van der Waals surface area (Å²) in [4.78, 5) is 0. The van der Waals surface area contributed by atoms with E-state index in [1.807, 2.05) is 0 Å². The van der Waals surface area contributed by atoms with Crippen molar-refractivity contribution in [3.05, 3.63) is 0 Å². The van der Waals surface area contributed by atoms with Crippen LogP contribution in [0.1, 0.15) is 0 Å². The first-order chi connectivity index (χ1) is 0. The third-order valence-corrected chi connectivity index (χ3v) is 0. The van der Waals surface area contributed by atoms with Crippen molar-refractivity contribution in [2.45, 2.75) is 0 Å². The Kier molecular flexibility index (Phi) is 1540. The molecule has 0 rings (SSSR count). The average molecular weight is 609 g/mol. The fraction of sp³-hybridized carbons (Fsp3) is 0. The van der Waals surface area contributed by atoms with Crippen molar-refractivity contribution < 1.29 is 153 Å². The molecule has 0 fully saturated rings. The number of hydrogen-bond donors (Lipinski definition) is 0. The summed E-state index contributed by atoms with van der Waals surface area (Å²) < 4.78 is 0. The van der Waals surface area contributed by atoms with Crippen LogP contribution in [-0.2, 0) is 65.7 Å². The minimum absolute atomic E-state index is 0. The maximum Gasteiger partial charge on any atom is 5.00 e. The van der Waals surface area contributed by atoms with Gasteiger partial charge in [0.2, 0.25) is 0 Å². The molecule has 0 aromatic carbocycles. The smallest absolute Gasteiger partial charge is 1.00 e. The largest absolute Gasteiger partial charge is 5.00 e. The van der Waals surface area contributed by atoms with Crippen molar-refractivity contribution in [2.24, 2.45) is 0 Å². The molecule has 0 aromatic heterocycles. The molecule has 3 radical (unpaired) electrons. The Labute approximate surface area is 173 Å². The van der Waals surface area contributed by atoms with Crippen molar-refractivity contribution in [3.8, 4) is 0 Å². The van der Waals surface area contributed by atoms with Gasteiger partial charge in [0.25, 0.3) is 0 Å². The van der Waals surface area contributed by atoms with Crippen LogP contribution in [0.2, 0.25) is 0 Å². The Bertz CT molecular complexity index is 18.4. The van der Waals surface area contributed by atoms with Gasteiger partial charge in [0.1, 0.15) is 0 Å². The minimum Gasteiger partial charge on any atom is -1.00 e. The van der Waals surface area contributed by atoms with E-state index in [-0.39, 0.29) is 177 Å². The van der Waals surface area contributed by atoms with Gasteiger partial charge in [-0.25, -0.2) is 0 Å². The molecule has 0 saturated carbocycles. The van der Waals surface area contributed by atoms with Gasteiger partial charge in [-0.05, 0) is 0 Å². The summed E-state index contributed by atoms with van der Waals surface area (Å²) in [6, 6.07) is 0. The second-order valence-electron chi connectivity index (χ2n) is 0. The first-order valence-electron chi connectivity index (χ1n) is 0. The molecule has 0 unspecified atom stereocenters. The summed E-state index contributed by atoms with van der Waals surface area (Å²) in [6.45, 7) is 0. The molecule has 0 aliphatic carbocycles. The fourth-order valence-electron chi connectivity index (χ4n) is 0. The zero-order chi connectivity index (χ0) is 0. The molecule has 0 aliphatic rings. The minimum atomic E-state index is 0. The first kappa shape index (κ1) is 144. The van der Waals surface area contributed by atoms with Crippen molar-refractivity contribution in [2.75, 3.05) is 0 Å². The van der Waals surface area contributed by atoms with E-state index in [9.17, 15) is 0 Å². The molecule has 63 valence electrons. The second kappa shape index (κ2) is 118. The normalized spacial score (nSPS) is 0. The maximum atomic E-state index is 0. The molecule has 0 aliphatic heterocycles. The Balaban J connectivity index is 0. The van der Waals surface area contributed by atoms with Crippen molar-refractivity contribution in [1.29, 1.82) is 0 Å². The van der Waals surface area contributed by atoms with Crippen LogP contribution in [0.4, 0.5) is 0 Å². The van der Waals surface area contributed by atoms with Crippen molar-refractivity contribution in [3.63, 3.8) is 0 Å². The van der Waals surface area contributed by atoms with Gasteiger partial charge in [-0.1, -0.05) is 0 Å². The molecule has 0 nitrogen and oxygen atoms in total. The third-order valence-electron chi connectivity index (χ3n) is 0. The van der Waals surface area contributed by atoms with Gasteiger partial charge < -0.3 is 86.8 Å². The van der Waals surface area contributed by atoms with Crippen molar-refractivity contribution >= 4 is 24.4 Å². The summed E-state index contributed by atoms with van der Waals surface area (Å²) in [7, 11) is 0. The van der Waals surface area contributed by atoms with Gasteiger partial charge in [0, 0.05) is 0 Å². The Morgan fingerprint density at radius 3 is 0.455 bits per heavy atom. The van der Waals surface area contributed by atoms with Crippen LogP contribution in [0.15, 0.2) is 0 Å². The first-order valence-corrected chi connectivity index (χ1v) is 0. The molecule has 0 atom stereocenters. The van der Waals surface area contributed by atoms with Crippen LogP contribution in [0.25, 0.3) is 0 Å². The van der Waals surface area contributed by atoms with Crippen LogP contribution in [0.5, 0.6) is 0 Å². The maximum absolute atomic E-state index is 0.